The van der Waals surface area contributed by atoms with Gasteiger partial charge < -0.3 is 0 Å². The molecule has 0 aromatic heterocycles. The first kappa shape index (κ1) is 13.0. The van der Waals surface area contributed by atoms with E-state index in [1.807, 2.05) is 42.5 Å². The summed E-state index contributed by atoms with van der Waals surface area (Å²) in [4.78, 5) is 3.41. The van der Waals surface area contributed by atoms with Crippen molar-refractivity contribution in [2.75, 3.05) is 0 Å². The van der Waals surface area contributed by atoms with E-state index in [4.69, 9.17) is 0 Å². The van der Waals surface area contributed by atoms with Gasteiger partial charge in [-0.2, -0.15) is 0 Å². The number of halogens is 1. The molecule has 0 fully saturated rings. The van der Waals surface area contributed by atoms with Crippen LogP contribution in [0.5, 0.6) is 0 Å². The molecule has 1 heterocycles. The van der Waals surface area contributed by atoms with E-state index in [2.05, 4.69) is 3.37 Å². The van der Waals surface area contributed by atoms with E-state index < -0.39 is 24.0 Å². The molecule has 0 radical (unpaired) electrons. The molecule has 0 aliphatic carbocycles. The second-order valence-corrected chi connectivity index (χ2v) is 8.14. The first-order chi connectivity index (χ1) is 9.01. The van der Waals surface area contributed by atoms with Gasteiger partial charge in [-0.25, -0.2) is 0 Å². The summed E-state index contributed by atoms with van der Waals surface area (Å²) in [5.41, 5.74) is 1.91. The second-order valence-electron chi connectivity index (χ2n) is 4.02. The zero-order chi connectivity index (χ0) is 13.5. The molecule has 1 aliphatic heterocycles. The van der Waals surface area contributed by atoms with Crippen molar-refractivity contribution in [3.05, 3.63) is 52.5 Å². The molecule has 1 aliphatic rings. The third-order valence-electron chi connectivity index (χ3n) is 2.73. The molecule has 3 rings (SSSR count). The monoisotopic (exact) mass is 344 g/mol. The second kappa shape index (κ2) is 4.81. The minimum atomic E-state index is -4.37. The van der Waals surface area contributed by atoms with Gasteiger partial charge in [0.1, 0.15) is 0 Å². The summed E-state index contributed by atoms with van der Waals surface area (Å²) in [5, 5.41) is 2.19. The third kappa shape index (κ3) is 2.94. The Bertz CT molecular complexity index is 703. The van der Waals surface area contributed by atoms with Crippen molar-refractivity contribution >= 4 is 35.6 Å². The van der Waals surface area contributed by atoms with Crippen LogP contribution in [0, 0.1) is 10.2 Å². The van der Waals surface area contributed by atoms with E-state index in [1.54, 1.807) is 9.89 Å². The molecule has 0 N–H and O–H groups in total. The molecule has 0 saturated heterocycles. The number of hydrogen-bond acceptors (Lipinski definition) is 4. The fraction of sp³-hybridized carbons (Fsp3) is 0. The Morgan fingerprint density at radius 2 is 1.58 bits per heavy atom. The summed E-state index contributed by atoms with van der Waals surface area (Å²) in [6.07, 6.45) is 1.81. The molecule has 98 valence electrons. The van der Waals surface area contributed by atoms with Gasteiger partial charge in [-0.15, -0.1) is 0 Å². The zero-order valence-corrected chi connectivity index (χ0v) is 12.1. The Morgan fingerprint density at radius 1 is 0.947 bits per heavy atom. The summed E-state index contributed by atoms with van der Waals surface area (Å²) < 4.78 is 36.3. The topological polar surface area (TPSA) is 78.4 Å². The molecule has 2 aromatic rings. The fourth-order valence-electron chi connectivity index (χ4n) is 1.95. The van der Waals surface area contributed by atoms with Crippen LogP contribution < -0.4 is 14.0 Å². The molecule has 1 unspecified atom stereocenters. The summed E-state index contributed by atoms with van der Waals surface area (Å²) in [6.45, 7) is 0. The Morgan fingerprint density at radius 3 is 2.21 bits per heavy atom. The van der Waals surface area contributed by atoms with E-state index >= 15 is 0 Å². The van der Waals surface area contributed by atoms with Gasteiger partial charge in [-0.05, 0) is 0 Å². The van der Waals surface area contributed by atoms with Crippen LogP contribution in [0.4, 0.5) is 0 Å². The van der Waals surface area contributed by atoms with E-state index in [-0.39, 0.29) is 0 Å². The van der Waals surface area contributed by atoms with Gasteiger partial charge in [0.2, 0.25) is 0 Å². The normalized spacial score (nSPS) is 18.2. The Labute approximate surface area is 116 Å². The minimum absolute atomic E-state index is 0.907. The Balaban J connectivity index is 2.05. The summed E-state index contributed by atoms with van der Waals surface area (Å²) in [5.74, 6) is 0. The maximum absolute atomic E-state index is 10.6. The average Bonchev–Trinajstić information content (AvgIpc) is 2.34. The first-order valence-corrected chi connectivity index (χ1v) is 9.31. The van der Waals surface area contributed by atoms with Crippen molar-refractivity contribution in [1.82, 2.24) is 0 Å². The predicted molar refractivity (Wildman–Crippen MR) is 65.0 cm³/mol. The molecule has 1 atom stereocenters. The van der Waals surface area contributed by atoms with E-state index in [0.29, 0.717) is 0 Å². The SMILES string of the molecule is [O-][Cl+3]([O-])([O-])O[Se]1=Cc2cc3ccccc3cc2C=C1. The van der Waals surface area contributed by atoms with E-state index in [0.717, 1.165) is 21.9 Å². The molecule has 2 aromatic carbocycles. The summed E-state index contributed by atoms with van der Waals surface area (Å²) in [7, 11) is -4.37. The third-order valence-corrected chi connectivity index (χ3v) is 6.78. The van der Waals surface area contributed by atoms with Crippen LogP contribution in [0.25, 0.3) is 16.8 Å². The standard InChI is InChI=1S/C13H9ClO4Se/c15-14(16,17)18-19-6-5-12-7-10-3-1-2-4-11(10)8-13(12)9-19/h1-9H. The number of fused-ring (bicyclic) bond motifs is 2. The van der Waals surface area contributed by atoms with Gasteiger partial charge in [-0.3, -0.25) is 0 Å². The Kier molecular flexibility index (Phi) is 3.28. The first-order valence-electron chi connectivity index (χ1n) is 5.40. The number of hydrogen-bond donors (Lipinski definition) is 0. The van der Waals surface area contributed by atoms with Crippen LogP contribution in [-0.4, -0.2) is 18.7 Å². The molecular weight excluding hydrogens is 335 g/mol. The molecule has 0 bridgehead atoms. The van der Waals surface area contributed by atoms with Gasteiger partial charge in [0, 0.05) is 0 Å². The molecule has 0 amide bonds. The molecule has 4 nitrogen and oxygen atoms in total. The van der Waals surface area contributed by atoms with Crippen LogP contribution in [0.2, 0.25) is 0 Å². The quantitative estimate of drug-likeness (QED) is 0.658. The van der Waals surface area contributed by atoms with Crippen molar-refractivity contribution in [3.63, 3.8) is 0 Å². The molecule has 0 spiro atoms. The van der Waals surface area contributed by atoms with E-state index in [9.17, 15) is 14.0 Å². The number of rotatable bonds is 2. The molecular formula is C13H9ClO4Se. The van der Waals surface area contributed by atoms with Crippen LogP contribution in [0.1, 0.15) is 11.1 Å². The van der Waals surface area contributed by atoms with Gasteiger partial charge in [0.25, 0.3) is 0 Å². The zero-order valence-electron chi connectivity index (χ0n) is 9.62. The van der Waals surface area contributed by atoms with Gasteiger partial charge in [0.05, 0.1) is 0 Å². The summed E-state index contributed by atoms with van der Waals surface area (Å²) >= 11 is -2.14. The average molecular weight is 344 g/mol. The van der Waals surface area contributed by atoms with Crippen LogP contribution in [0.3, 0.4) is 0 Å². The fourth-order valence-corrected chi connectivity index (χ4v) is 5.53. The number of benzene rings is 2. The molecule has 19 heavy (non-hydrogen) atoms. The van der Waals surface area contributed by atoms with E-state index in [1.165, 1.54) is 0 Å². The maximum atomic E-state index is 10.6. The van der Waals surface area contributed by atoms with Crippen molar-refractivity contribution in [3.8, 4) is 0 Å². The molecule has 6 heteroatoms. The van der Waals surface area contributed by atoms with Gasteiger partial charge in [-0.1, -0.05) is 0 Å². The predicted octanol–water partition coefficient (Wildman–Crippen LogP) is -0.957. The van der Waals surface area contributed by atoms with Crippen LogP contribution in [-0.2, 0) is 3.37 Å². The van der Waals surface area contributed by atoms with Crippen molar-refractivity contribution < 1.29 is 27.6 Å². The van der Waals surface area contributed by atoms with Crippen LogP contribution in [0.15, 0.2) is 41.4 Å². The van der Waals surface area contributed by atoms with Crippen LogP contribution >= 0.6 is 0 Å². The Hall–Kier alpha value is -1.04. The van der Waals surface area contributed by atoms with Crippen molar-refractivity contribution in [2.24, 2.45) is 0 Å². The molecule has 0 saturated carbocycles. The van der Waals surface area contributed by atoms with Crippen molar-refractivity contribution in [1.29, 1.82) is 0 Å². The van der Waals surface area contributed by atoms with Crippen molar-refractivity contribution in [2.45, 2.75) is 0 Å². The van der Waals surface area contributed by atoms with Gasteiger partial charge >= 0.3 is 116 Å². The summed E-state index contributed by atoms with van der Waals surface area (Å²) in [6, 6.07) is 11.9. The van der Waals surface area contributed by atoms with Gasteiger partial charge in [0.15, 0.2) is 0 Å².